The van der Waals surface area contributed by atoms with Gasteiger partial charge in [-0.15, -0.1) is 4.40 Å². The number of methoxy groups -OCH3 is 1. The summed E-state index contributed by atoms with van der Waals surface area (Å²) in [6.45, 7) is 1.25. The minimum absolute atomic E-state index is 0.0517. The van der Waals surface area contributed by atoms with Gasteiger partial charge >= 0.3 is 0 Å². The summed E-state index contributed by atoms with van der Waals surface area (Å²) in [5.41, 5.74) is 0.564. The third kappa shape index (κ3) is 3.80. The molecule has 0 unspecified atom stereocenters. The molecule has 1 saturated carbocycles. The van der Waals surface area contributed by atoms with E-state index in [9.17, 15) is 13.2 Å². The van der Waals surface area contributed by atoms with Crippen LogP contribution in [0.4, 0.5) is 5.69 Å². The highest BCUT2D eigenvalue weighted by Gasteiger charge is 2.35. The number of carbonyl (C=O) groups excluding carboxylic acids is 1. The fourth-order valence-corrected chi connectivity index (χ4v) is 5.71. The number of anilines is 1. The van der Waals surface area contributed by atoms with E-state index >= 15 is 0 Å². The maximum Gasteiger partial charge on any atom is 0.286 e. The summed E-state index contributed by atoms with van der Waals surface area (Å²) in [7, 11) is -1.97. The van der Waals surface area contributed by atoms with Gasteiger partial charge in [-0.05, 0) is 50.7 Å². The third-order valence-corrected chi connectivity index (χ3v) is 7.47. The zero-order valence-electron chi connectivity index (χ0n) is 16.1. The van der Waals surface area contributed by atoms with Crippen molar-refractivity contribution in [3.8, 4) is 0 Å². The number of ether oxygens (including phenoxy) is 1. The van der Waals surface area contributed by atoms with E-state index in [2.05, 4.69) is 9.71 Å². The van der Waals surface area contributed by atoms with Crippen LogP contribution in [0.25, 0.3) is 0 Å². The van der Waals surface area contributed by atoms with Crippen molar-refractivity contribution in [2.24, 2.45) is 16.2 Å². The van der Waals surface area contributed by atoms with Crippen molar-refractivity contribution in [2.75, 3.05) is 25.5 Å². The number of fused-ring (bicyclic) bond motifs is 1. The molecule has 3 aliphatic rings. The highest BCUT2D eigenvalue weighted by Crippen LogP contribution is 2.32. The van der Waals surface area contributed by atoms with Gasteiger partial charge in [-0.2, -0.15) is 8.42 Å². The highest BCUT2D eigenvalue weighted by atomic mass is 32.2. The molecule has 152 valence electrons. The van der Waals surface area contributed by atoms with E-state index in [1.165, 1.54) is 0 Å². The summed E-state index contributed by atoms with van der Waals surface area (Å²) >= 11 is 0. The van der Waals surface area contributed by atoms with Gasteiger partial charge in [-0.25, -0.2) is 0 Å². The monoisotopic (exact) mass is 405 g/mol. The second kappa shape index (κ2) is 7.83. The lowest BCUT2D eigenvalue weighted by Gasteiger charge is -2.37. The molecular weight excluding hydrogens is 378 g/mol. The molecule has 1 aliphatic carbocycles. The molecule has 4 rings (SSSR count). The molecule has 1 saturated heterocycles. The summed E-state index contributed by atoms with van der Waals surface area (Å²) in [6, 6.07) is 6.81. The van der Waals surface area contributed by atoms with Crippen molar-refractivity contribution in [3.05, 3.63) is 24.3 Å². The van der Waals surface area contributed by atoms with Crippen LogP contribution in [0.5, 0.6) is 0 Å². The Balaban J connectivity index is 1.46. The number of hydrogen-bond donors (Lipinski definition) is 1. The van der Waals surface area contributed by atoms with E-state index in [0.717, 1.165) is 45.1 Å². The molecule has 1 N–H and O–H groups in total. The number of amides is 1. The van der Waals surface area contributed by atoms with Crippen molar-refractivity contribution in [1.82, 2.24) is 4.90 Å². The molecule has 2 aliphatic heterocycles. The first kappa shape index (κ1) is 19.4. The van der Waals surface area contributed by atoms with Gasteiger partial charge < -0.3 is 15.0 Å². The molecule has 28 heavy (non-hydrogen) atoms. The lowest BCUT2D eigenvalue weighted by molar-refractivity contribution is -0.138. The summed E-state index contributed by atoms with van der Waals surface area (Å²) in [5.74, 6) is 0.616. The predicted octanol–water partition coefficient (Wildman–Crippen LogP) is 2.64. The van der Waals surface area contributed by atoms with Gasteiger partial charge in [0.05, 0.1) is 11.8 Å². The molecule has 2 fully saturated rings. The van der Waals surface area contributed by atoms with Crippen molar-refractivity contribution in [2.45, 2.75) is 49.5 Å². The van der Waals surface area contributed by atoms with Crippen molar-refractivity contribution >= 4 is 27.5 Å². The lowest BCUT2D eigenvalue weighted by Crippen LogP contribution is -2.47. The Hall–Kier alpha value is -1.93. The molecule has 1 aromatic rings. The van der Waals surface area contributed by atoms with E-state index in [4.69, 9.17) is 4.74 Å². The molecule has 1 amide bonds. The first-order chi connectivity index (χ1) is 13.5. The van der Waals surface area contributed by atoms with Crippen LogP contribution in [0, 0.1) is 11.8 Å². The Kier molecular flexibility index (Phi) is 5.42. The fraction of sp³-hybridized carbons (Fsp3) is 0.600. The van der Waals surface area contributed by atoms with Crippen LogP contribution in [0.3, 0.4) is 0 Å². The normalized spacial score (nSPS) is 29.4. The van der Waals surface area contributed by atoms with Gasteiger partial charge in [0.15, 0.2) is 0 Å². The van der Waals surface area contributed by atoms with Crippen LogP contribution < -0.4 is 5.32 Å². The van der Waals surface area contributed by atoms with Crippen molar-refractivity contribution in [1.29, 1.82) is 0 Å². The fourth-order valence-electron chi connectivity index (χ4n) is 4.52. The van der Waals surface area contributed by atoms with Crippen LogP contribution in [0.1, 0.15) is 38.5 Å². The molecule has 0 bridgehead atoms. The highest BCUT2D eigenvalue weighted by molar-refractivity contribution is 7.90. The van der Waals surface area contributed by atoms with E-state index in [1.54, 1.807) is 31.4 Å². The standard InChI is InChI=1S/C20H27N3O4S/c1-27-16-10-8-14(9-11-16)20(24)23-12-4-5-15(13-23)19-21-17-6-2-3-7-18(17)28(25,26)22-19/h2-3,6-7,14-16H,4-5,8-13H2,1H3,(H,21,22)/t14?,15-,16?/m0/s1. The largest absolute Gasteiger partial charge is 0.381 e. The summed E-state index contributed by atoms with van der Waals surface area (Å²) < 4.78 is 34.5. The average Bonchev–Trinajstić information content (AvgIpc) is 2.73. The van der Waals surface area contributed by atoms with Gasteiger partial charge in [0.1, 0.15) is 10.7 Å². The zero-order chi connectivity index (χ0) is 19.7. The molecule has 7 nitrogen and oxygen atoms in total. The number of likely N-dealkylation sites (tertiary alicyclic amines) is 1. The molecular formula is C20H27N3O4S. The number of sulfonamides is 1. The van der Waals surface area contributed by atoms with Gasteiger partial charge in [0.2, 0.25) is 5.91 Å². The zero-order valence-corrected chi connectivity index (χ0v) is 17.0. The number of hydrogen-bond acceptors (Lipinski definition) is 5. The average molecular weight is 406 g/mol. The number of rotatable bonds is 3. The van der Waals surface area contributed by atoms with Crippen LogP contribution in [0.15, 0.2) is 33.6 Å². The first-order valence-electron chi connectivity index (χ1n) is 10.0. The number of piperidine rings is 1. The van der Waals surface area contributed by atoms with Gasteiger partial charge in [0.25, 0.3) is 10.0 Å². The van der Waals surface area contributed by atoms with Crippen LogP contribution in [-0.2, 0) is 19.6 Å². The van der Waals surface area contributed by atoms with Crippen molar-refractivity contribution < 1.29 is 17.9 Å². The topological polar surface area (TPSA) is 88.1 Å². The second-order valence-corrected chi connectivity index (χ2v) is 9.48. The van der Waals surface area contributed by atoms with E-state index in [0.29, 0.717) is 18.1 Å². The second-order valence-electron chi connectivity index (χ2n) is 7.91. The summed E-state index contributed by atoms with van der Waals surface area (Å²) in [5, 5.41) is 3.19. The van der Waals surface area contributed by atoms with E-state index < -0.39 is 10.0 Å². The van der Waals surface area contributed by atoms with Gasteiger partial charge in [-0.3, -0.25) is 4.79 Å². The third-order valence-electron chi connectivity index (χ3n) is 6.12. The SMILES string of the molecule is COC1CCC(C(=O)N2CCC[C@H](C3=NS(=O)(=O)c4ccccc4N3)C2)CC1. The van der Waals surface area contributed by atoms with Crippen molar-refractivity contribution in [3.63, 3.8) is 0 Å². The number of para-hydroxylation sites is 1. The molecule has 1 atom stereocenters. The molecule has 0 radical (unpaired) electrons. The van der Waals surface area contributed by atoms with Crippen LogP contribution >= 0.6 is 0 Å². The molecule has 0 spiro atoms. The molecule has 2 heterocycles. The maximum atomic E-state index is 13.0. The Morgan fingerprint density at radius 1 is 1.18 bits per heavy atom. The number of nitrogens with zero attached hydrogens (tertiary/aromatic N) is 2. The first-order valence-corrected chi connectivity index (χ1v) is 11.4. The quantitative estimate of drug-likeness (QED) is 0.835. The maximum absolute atomic E-state index is 13.0. The van der Waals surface area contributed by atoms with E-state index in [-0.39, 0.29) is 28.7 Å². The Morgan fingerprint density at radius 2 is 1.93 bits per heavy atom. The minimum Gasteiger partial charge on any atom is -0.381 e. The number of benzene rings is 1. The lowest BCUT2D eigenvalue weighted by atomic mass is 9.85. The van der Waals surface area contributed by atoms with Crippen LogP contribution in [0.2, 0.25) is 0 Å². The predicted molar refractivity (Wildman–Crippen MR) is 107 cm³/mol. The summed E-state index contributed by atoms with van der Waals surface area (Å²) in [6.07, 6.45) is 5.51. The number of carbonyl (C=O) groups is 1. The van der Waals surface area contributed by atoms with Crippen LogP contribution in [-0.4, -0.2) is 51.4 Å². The minimum atomic E-state index is -3.70. The molecule has 0 aromatic heterocycles. The number of amidine groups is 1. The van der Waals surface area contributed by atoms with Gasteiger partial charge in [-0.1, -0.05) is 12.1 Å². The van der Waals surface area contributed by atoms with E-state index in [1.807, 2.05) is 4.90 Å². The van der Waals surface area contributed by atoms with Gasteiger partial charge in [0, 0.05) is 32.0 Å². The Bertz CT molecular complexity index is 875. The Labute approximate surface area is 166 Å². The summed E-state index contributed by atoms with van der Waals surface area (Å²) in [4.78, 5) is 15.1. The smallest absolute Gasteiger partial charge is 0.286 e. The Morgan fingerprint density at radius 3 is 2.68 bits per heavy atom. The molecule has 8 heteroatoms. The number of nitrogens with one attached hydrogen (secondary N) is 1. The molecule has 1 aromatic carbocycles.